The van der Waals surface area contributed by atoms with Crippen molar-refractivity contribution < 1.29 is 0 Å². The van der Waals surface area contributed by atoms with Crippen LogP contribution in [0.2, 0.25) is 0 Å². The fraction of sp³-hybridized carbons (Fsp3) is 0.875. The number of aliphatic imine (C=N–C) groups is 1. The lowest BCUT2D eigenvalue weighted by Crippen LogP contribution is -2.38. The van der Waals surface area contributed by atoms with Crippen LogP contribution in [0.5, 0.6) is 0 Å². The molecule has 2 heterocycles. The first-order chi connectivity index (χ1) is 5.95. The van der Waals surface area contributed by atoms with Gasteiger partial charge in [0.05, 0.1) is 12.3 Å². The summed E-state index contributed by atoms with van der Waals surface area (Å²) in [6.07, 6.45) is 1.24. The predicted octanol–water partition coefficient (Wildman–Crippen LogP) is 0.0832. The van der Waals surface area contributed by atoms with Crippen molar-refractivity contribution >= 4 is 17.6 Å². The molecular weight excluding hydrogens is 170 g/mol. The lowest BCUT2D eigenvalue weighted by Gasteiger charge is -2.17. The summed E-state index contributed by atoms with van der Waals surface area (Å²) < 4.78 is 0. The first-order valence-electron chi connectivity index (χ1n) is 4.53. The number of amidine groups is 1. The summed E-state index contributed by atoms with van der Waals surface area (Å²) in [5.74, 6) is 3.48. The molecular formula is C8H15N3S. The molecule has 2 aliphatic heterocycles. The van der Waals surface area contributed by atoms with Gasteiger partial charge in [-0.2, -0.15) is 11.8 Å². The van der Waals surface area contributed by atoms with Crippen molar-refractivity contribution in [1.29, 1.82) is 0 Å². The Balaban J connectivity index is 1.80. The van der Waals surface area contributed by atoms with Crippen LogP contribution in [0, 0.1) is 0 Å². The molecule has 12 heavy (non-hydrogen) atoms. The third-order valence-corrected chi connectivity index (χ3v) is 3.16. The Kier molecular flexibility index (Phi) is 2.89. The maximum absolute atomic E-state index is 4.45. The van der Waals surface area contributed by atoms with Crippen molar-refractivity contribution in [2.75, 3.05) is 31.1 Å². The highest BCUT2D eigenvalue weighted by molar-refractivity contribution is 8.00. The van der Waals surface area contributed by atoms with E-state index < -0.39 is 0 Å². The standard InChI is InChI=1S/C8H15N3S/c1-2-9-5-7(1)11-8-6-12-4-3-10-8/h7,9H,1-6H2,(H,10,11). The van der Waals surface area contributed by atoms with Crippen LogP contribution in [0.3, 0.4) is 0 Å². The van der Waals surface area contributed by atoms with Crippen molar-refractivity contribution in [1.82, 2.24) is 10.6 Å². The molecule has 1 saturated heterocycles. The van der Waals surface area contributed by atoms with Gasteiger partial charge in [-0.3, -0.25) is 4.99 Å². The second-order valence-electron chi connectivity index (χ2n) is 3.22. The Labute approximate surface area is 77.4 Å². The molecule has 0 saturated carbocycles. The van der Waals surface area contributed by atoms with E-state index in [1.807, 2.05) is 11.8 Å². The minimum Gasteiger partial charge on any atom is -0.369 e. The lowest BCUT2D eigenvalue weighted by molar-refractivity contribution is 0.660. The molecule has 3 nitrogen and oxygen atoms in total. The van der Waals surface area contributed by atoms with Gasteiger partial charge in [-0.1, -0.05) is 0 Å². The van der Waals surface area contributed by atoms with E-state index in [1.54, 1.807) is 0 Å². The zero-order valence-corrected chi connectivity index (χ0v) is 7.99. The summed E-state index contributed by atoms with van der Waals surface area (Å²) in [6, 6.07) is 0.627. The summed E-state index contributed by atoms with van der Waals surface area (Å²) in [4.78, 5) is 4.45. The average Bonchev–Trinajstić information content (AvgIpc) is 2.59. The van der Waals surface area contributed by atoms with E-state index in [4.69, 9.17) is 0 Å². The molecule has 1 unspecified atom stereocenters. The Morgan fingerprint density at radius 1 is 1.58 bits per heavy atom. The van der Waals surface area contributed by atoms with Crippen LogP contribution < -0.4 is 10.6 Å². The average molecular weight is 185 g/mol. The Morgan fingerprint density at radius 2 is 2.58 bits per heavy atom. The zero-order valence-electron chi connectivity index (χ0n) is 7.18. The molecule has 0 aromatic heterocycles. The van der Waals surface area contributed by atoms with E-state index in [1.165, 1.54) is 18.0 Å². The Morgan fingerprint density at radius 3 is 3.25 bits per heavy atom. The molecule has 0 spiro atoms. The molecule has 0 aromatic carbocycles. The molecule has 0 radical (unpaired) electrons. The first-order valence-corrected chi connectivity index (χ1v) is 5.69. The molecule has 0 aliphatic carbocycles. The van der Waals surface area contributed by atoms with E-state index in [0.29, 0.717) is 6.04 Å². The van der Waals surface area contributed by atoms with Crippen LogP contribution in [0.4, 0.5) is 0 Å². The topological polar surface area (TPSA) is 36.4 Å². The van der Waals surface area contributed by atoms with Gasteiger partial charge in [0.15, 0.2) is 0 Å². The van der Waals surface area contributed by atoms with Gasteiger partial charge >= 0.3 is 0 Å². The molecule has 0 amide bonds. The highest BCUT2D eigenvalue weighted by atomic mass is 32.2. The number of hydrogen-bond donors (Lipinski definition) is 2. The molecule has 2 N–H and O–H groups in total. The summed E-state index contributed by atoms with van der Waals surface area (Å²) >= 11 is 1.97. The smallest absolute Gasteiger partial charge is 0.107 e. The van der Waals surface area contributed by atoms with Gasteiger partial charge in [0, 0.05) is 18.3 Å². The maximum atomic E-state index is 4.45. The molecule has 1 atom stereocenters. The summed E-state index contributed by atoms with van der Waals surface area (Å²) in [5, 5.41) is 6.82. The summed E-state index contributed by atoms with van der Waals surface area (Å²) in [6.45, 7) is 3.24. The zero-order chi connectivity index (χ0) is 8.23. The minimum atomic E-state index is 0.627. The van der Waals surface area contributed by atoms with Crippen LogP contribution in [-0.4, -0.2) is 43.0 Å². The first kappa shape index (κ1) is 8.38. The molecule has 68 valence electrons. The fourth-order valence-corrected chi connectivity index (χ4v) is 2.29. The van der Waals surface area contributed by atoms with Crippen molar-refractivity contribution in [3.05, 3.63) is 0 Å². The van der Waals surface area contributed by atoms with Crippen LogP contribution >= 0.6 is 11.8 Å². The van der Waals surface area contributed by atoms with Crippen LogP contribution in [0.1, 0.15) is 6.42 Å². The van der Waals surface area contributed by atoms with Gasteiger partial charge in [-0.15, -0.1) is 0 Å². The minimum absolute atomic E-state index is 0.627. The summed E-state index contributed by atoms with van der Waals surface area (Å²) in [5.41, 5.74) is 0. The highest BCUT2D eigenvalue weighted by Crippen LogP contribution is 2.07. The van der Waals surface area contributed by atoms with Crippen molar-refractivity contribution in [3.63, 3.8) is 0 Å². The summed E-state index contributed by atoms with van der Waals surface area (Å²) in [7, 11) is 0. The largest absolute Gasteiger partial charge is 0.369 e. The molecule has 0 aromatic rings. The predicted molar refractivity (Wildman–Crippen MR) is 54.0 cm³/mol. The molecule has 0 bridgehead atoms. The Hall–Kier alpha value is -0.220. The fourth-order valence-electron chi connectivity index (χ4n) is 1.56. The van der Waals surface area contributed by atoms with Crippen molar-refractivity contribution in [3.8, 4) is 0 Å². The maximum Gasteiger partial charge on any atom is 0.107 e. The molecule has 2 aliphatic rings. The molecule has 4 heteroatoms. The van der Waals surface area contributed by atoms with Crippen LogP contribution in [-0.2, 0) is 0 Å². The van der Waals surface area contributed by atoms with Gasteiger partial charge in [-0.25, -0.2) is 0 Å². The van der Waals surface area contributed by atoms with Gasteiger partial charge < -0.3 is 10.6 Å². The SMILES string of the molecule is C1CSCC(NC2CCNC2)=N1. The quantitative estimate of drug-likeness (QED) is 0.607. The van der Waals surface area contributed by atoms with E-state index in [-0.39, 0.29) is 0 Å². The number of rotatable bonds is 1. The molecule has 1 fully saturated rings. The van der Waals surface area contributed by atoms with E-state index >= 15 is 0 Å². The van der Waals surface area contributed by atoms with Crippen LogP contribution in [0.15, 0.2) is 4.99 Å². The second kappa shape index (κ2) is 4.14. The van der Waals surface area contributed by atoms with Gasteiger partial charge in [0.2, 0.25) is 0 Å². The lowest BCUT2D eigenvalue weighted by atomic mass is 10.2. The van der Waals surface area contributed by atoms with E-state index in [0.717, 1.165) is 25.4 Å². The second-order valence-corrected chi connectivity index (χ2v) is 4.32. The Bertz CT molecular complexity index is 175. The number of hydrogen-bond acceptors (Lipinski definition) is 4. The number of thioether (sulfide) groups is 1. The number of nitrogens with one attached hydrogen (secondary N) is 2. The molecule has 2 rings (SSSR count). The third kappa shape index (κ3) is 2.14. The van der Waals surface area contributed by atoms with E-state index in [2.05, 4.69) is 15.6 Å². The van der Waals surface area contributed by atoms with Gasteiger partial charge in [-0.05, 0) is 13.0 Å². The normalized spacial score (nSPS) is 30.0. The van der Waals surface area contributed by atoms with Crippen LogP contribution in [0.25, 0.3) is 0 Å². The van der Waals surface area contributed by atoms with Gasteiger partial charge in [0.25, 0.3) is 0 Å². The highest BCUT2D eigenvalue weighted by Gasteiger charge is 2.16. The number of nitrogens with zero attached hydrogens (tertiary/aromatic N) is 1. The van der Waals surface area contributed by atoms with Gasteiger partial charge in [0.1, 0.15) is 5.84 Å². The monoisotopic (exact) mass is 185 g/mol. The van der Waals surface area contributed by atoms with E-state index in [9.17, 15) is 0 Å². The van der Waals surface area contributed by atoms with Crippen molar-refractivity contribution in [2.45, 2.75) is 12.5 Å². The third-order valence-electron chi connectivity index (χ3n) is 2.21. The van der Waals surface area contributed by atoms with Crippen molar-refractivity contribution in [2.24, 2.45) is 4.99 Å².